The SMILES string of the molecule is Cc1nsc(N2CCN(c3ccc4nc(C5CC5)cn4c3)CC2)n1. The lowest BCUT2D eigenvalue weighted by atomic mass is 10.3. The molecule has 0 radical (unpaired) electrons. The third-order valence-corrected chi connectivity index (χ3v) is 5.75. The fourth-order valence-corrected chi connectivity index (χ4v) is 4.06. The standard InChI is InChI=1S/C17H20N6S/c1-12-18-17(24-20-12)22-8-6-21(7-9-22)14-4-5-16-19-15(13-2-3-13)11-23(16)10-14/h4-5,10-11,13H,2-3,6-9H2,1H3. The van der Waals surface area contributed by atoms with Gasteiger partial charge in [0, 0.05) is 56.0 Å². The van der Waals surface area contributed by atoms with E-state index in [-0.39, 0.29) is 0 Å². The maximum Gasteiger partial charge on any atom is 0.205 e. The molecule has 1 aliphatic carbocycles. The Morgan fingerprint density at radius 3 is 2.50 bits per heavy atom. The average molecular weight is 340 g/mol. The van der Waals surface area contributed by atoms with Crippen molar-refractivity contribution in [2.24, 2.45) is 0 Å². The van der Waals surface area contributed by atoms with E-state index >= 15 is 0 Å². The van der Waals surface area contributed by atoms with Gasteiger partial charge in [0.2, 0.25) is 5.13 Å². The van der Waals surface area contributed by atoms with Gasteiger partial charge in [-0.2, -0.15) is 4.37 Å². The van der Waals surface area contributed by atoms with Crippen molar-refractivity contribution >= 4 is 28.0 Å². The summed E-state index contributed by atoms with van der Waals surface area (Å²) in [7, 11) is 0. The Labute approximate surface area is 144 Å². The number of hydrogen-bond donors (Lipinski definition) is 0. The number of pyridine rings is 1. The predicted molar refractivity (Wildman–Crippen MR) is 96.2 cm³/mol. The predicted octanol–water partition coefficient (Wildman–Crippen LogP) is 2.70. The lowest BCUT2D eigenvalue weighted by Crippen LogP contribution is -2.46. The van der Waals surface area contributed by atoms with Crippen LogP contribution in [0.15, 0.2) is 24.5 Å². The van der Waals surface area contributed by atoms with E-state index in [4.69, 9.17) is 4.98 Å². The first kappa shape index (κ1) is 14.2. The highest BCUT2D eigenvalue weighted by Crippen LogP contribution is 2.39. The summed E-state index contributed by atoms with van der Waals surface area (Å²) >= 11 is 1.50. The Balaban J connectivity index is 1.32. The van der Waals surface area contributed by atoms with Crippen molar-refractivity contribution in [3.8, 4) is 0 Å². The van der Waals surface area contributed by atoms with Crippen molar-refractivity contribution < 1.29 is 0 Å². The smallest absolute Gasteiger partial charge is 0.205 e. The quantitative estimate of drug-likeness (QED) is 0.734. The molecule has 2 aliphatic rings. The molecular formula is C17H20N6S. The number of imidazole rings is 1. The lowest BCUT2D eigenvalue weighted by molar-refractivity contribution is 0.650. The van der Waals surface area contributed by atoms with Gasteiger partial charge in [-0.25, -0.2) is 9.97 Å². The Hall–Kier alpha value is -2.15. The molecule has 0 aromatic carbocycles. The van der Waals surface area contributed by atoms with E-state index in [1.165, 1.54) is 35.8 Å². The van der Waals surface area contributed by atoms with E-state index in [0.29, 0.717) is 5.92 Å². The summed E-state index contributed by atoms with van der Waals surface area (Å²) in [5.41, 5.74) is 3.59. The Morgan fingerprint density at radius 1 is 1.00 bits per heavy atom. The van der Waals surface area contributed by atoms with Gasteiger partial charge in [-0.3, -0.25) is 0 Å². The molecule has 124 valence electrons. The summed E-state index contributed by atoms with van der Waals surface area (Å²) in [6, 6.07) is 4.34. The zero-order valence-corrected chi connectivity index (χ0v) is 14.5. The van der Waals surface area contributed by atoms with Crippen LogP contribution >= 0.6 is 11.5 Å². The fourth-order valence-electron chi connectivity index (χ4n) is 3.33. The van der Waals surface area contributed by atoms with Crippen LogP contribution < -0.4 is 9.80 Å². The molecule has 0 amide bonds. The van der Waals surface area contributed by atoms with Crippen molar-refractivity contribution in [1.82, 2.24) is 18.7 Å². The molecule has 24 heavy (non-hydrogen) atoms. The molecule has 0 N–H and O–H groups in total. The highest BCUT2D eigenvalue weighted by molar-refractivity contribution is 7.09. The van der Waals surface area contributed by atoms with E-state index in [1.807, 2.05) is 6.92 Å². The summed E-state index contributed by atoms with van der Waals surface area (Å²) in [5.74, 6) is 1.57. The van der Waals surface area contributed by atoms with Gasteiger partial charge in [0.05, 0.1) is 11.4 Å². The van der Waals surface area contributed by atoms with Gasteiger partial charge in [0.15, 0.2) is 0 Å². The number of aromatic nitrogens is 4. The topological polar surface area (TPSA) is 49.6 Å². The molecule has 5 rings (SSSR count). The van der Waals surface area contributed by atoms with Crippen LogP contribution in [0, 0.1) is 6.92 Å². The first-order chi connectivity index (χ1) is 11.8. The molecular weight excluding hydrogens is 320 g/mol. The minimum atomic E-state index is 0.701. The van der Waals surface area contributed by atoms with E-state index in [0.717, 1.165) is 42.8 Å². The van der Waals surface area contributed by atoms with Crippen molar-refractivity contribution in [3.05, 3.63) is 36.0 Å². The molecule has 7 heteroatoms. The third-order valence-electron chi connectivity index (χ3n) is 4.88. The summed E-state index contributed by atoms with van der Waals surface area (Å²) in [6.45, 7) is 5.95. The van der Waals surface area contributed by atoms with Crippen molar-refractivity contribution in [2.45, 2.75) is 25.7 Å². The molecule has 1 saturated heterocycles. The molecule has 0 bridgehead atoms. The van der Waals surface area contributed by atoms with Crippen LogP contribution in [0.25, 0.3) is 5.65 Å². The molecule has 3 aromatic heterocycles. The molecule has 1 aliphatic heterocycles. The van der Waals surface area contributed by atoms with Crippen molar-refractivity contribution in [2.75, 3.05) is 36.0 Å². The van der Waals surface area contributed by atoms with E-state index < -0.39 is 0 Å². The molecule has 0 atom stereocenters. The summed E-state index contributed by atoms with van der Waals surface area (Å²) < 4.78 is 6.47. The Kier molecular flexibility index (Phi) is 3.22. The molecule has 6 nitrogen and oxygen atoms in total. The molecule has 3 aromatic rings. The van der Waals surface area contributed by atoms with Gasteiger partial charge in [0.1, 0.15) is 11.5 Å². The number of aryl methyl sites for hydroxylation is 1. The first-order valence-corrected chi connectivity index (χ1v) is 9.32. The summed E-state index contributed by atoms with van der Waals surface area (Å²) in [5, 5.41) is 1.05. The zero-order chi connectivity index (χ0) is 16.1. The molecule has 4 heterocycles. The zero-order valence-electron chi connectivity index (χ0n) is 13.7. The maximum absolute atomic E-state index is 4.74. The Morgan fingerprint density at radius 2 is 1.79 bits per heavy atom. The van der Waals surface area contributed by atoms with Gasteiger partial charge in [-0.15, -0.1) is 0 Å². The number of fused-ring (bicyclic) bond motifs is 1. The van der Waals surface area contributed by atoms with Crippen LogP contribution in [0.1, 0.15) is 30.3 Å². The van der Waals surface area contributed by atoms with Crippen LogP contribution in [0.2, 0.25) is 0 Å². The van der Waals surface area contributed by atoms with Gasteiger partial charge < -0.3 is 14.2 Å². The van der Waals surface area contributed by atoms with Crippen molar-refractivity contribution in [3.63, 3.8) is 0 Å². The normalized spacial score (nSPS) is 18.5. The third kappa shape index (κ3) is 2.53. The van der Waals surface area contributed by atoms with Crippen LogP contribution in [-0.4, -0.2) is 44.9 Å². The molecule has 1 saturated carbocycles. The summed E-state index contributed by atoms with van der Waals surface area (Å²) in [6.07, 6.45) is 7.02. The molecule has 0 unspecified atom stereocenters. The maximum atomic E-state index is 4.74. The molecule has 0 spiro atoms. The summed E-state index contributed by atoms with van der Waals surface area (Å²) in [4.78, 5) is 14.0. The van der Waals surface area contributed by atoms with E-state index in [2.05, 4.69) is 48.1 Å². The van der Waals surface area contributed by atoms with Gasteiger partial charge in [-0.05, 0) is 31.9 Å². The number of anilines is 2. The van der Waals surface area contributed by atoms with Gasteiger partial charge >= 0.3 is 0 Å². The highest BCUT2D eigenvalue weighted by atomic mass is 32.1. The van der Waals surface area contributed by atoms with Gasteiger partial charge in [0.25, 0.3) is 0 Å². The minimum Gasteiger partial charge on any atom is -0.367 e. The highest BCUT2D eigenvalue weighted by Gasteiger charge is 2.26. The van der Waals surface area contributed by atoms with E-state index in [9.17, 15) is 0 Å². The van der Waals surface area contributed by atoms with E-state index in [1.54, 1.807) is 0 Å². The number of nitrogens with zero attached hydrogens (tertiary/aromatic N) is 6. The molecule has 2 fully saturated rings. The second-order valence-electron chi connectivity index (χ2n) is 6.69. The van der Waals surface area contributed by atoms with Crippen LogP contribution in [-0.2, 0) is 0 Å². The lowest BCUT2D eigenvalue weighted by Gasteiger charge is -2.35. The van der Waals surface area contributed by atoms with Gasteiger partial charge in [-0.1, -0.05) is 0 Å². The monoisotopic (exact) mass is 340 g/mol. The largest absolute Gasteiger partial charge is 0.367 e. The number of piperazine rings is 1. The van der Waals surface area contributed by atoms with Crippen LogP contribution in [0.3, 0.4) is 0 Å². The average Bonchev–Trinajstić information content (AvgIpc) is 3.23. The number of rotatable bonds is 3. The van der Waals surface area contributed by atoms with Crippen molar-refractivity contribution in [1.29, 1.82) is 0 Å². The second-order valence-corrected chi connectivity index (χ2v) is 7.42. The minimum absolute atomic E-state index is 0.701. The fraction of sp³-hybridized carbons (Fsp3) is 0.471. The van der Waals surface area contributed by atoms with Crippen LogP contribution in [0.4, 0.5) is 10.8 Å². The first-order valence-electron chi connectivity index (χ1n) is 8.55. The second kappa shape index (κ2) is 5.44. The van der Waals surface area contributed by atoms with Crippen LogP contribution in [0.5, 0.6) is 0 Å². The number of hydrogen-bond acceptors (Lipinski definition) is 6. The Bertz CT molecular complexity index is 872.